The van der Waals surface area contributed by atoms with Crippen molar-refractivity contribution in [3.63, 3.8) is 0 Å². The maximum atomic E-state index is 3.73. The Morgan fingerprint density at radius 1 is 1.39 bits per heavy atom. The molecule has 0 saturated carbocycles. The van der Waals surface area contributed by atoms with Crippen molar-refractivity contribution in [2.75, 3.05) is 13.1 Å². The van der Waals surface area contributed by atoms with Gasteiger partial charge in [-0.15, -0.1) is 0 Å². The van der Waals surface area contributed by atoms with E-state index < -0.39 is 0 Å². The fourth-order valence-electron chi connectivity index (χ4n) is 3.03. The molecule has 1 aromatic heterocycles. The van der Waals surface area contributed by atoms with Crippen LogP contribution in [0.25, 0.3) is 0 Å². The van der Waals surface area contributed by atoms with Crippen molar-refractivity contribution < 1.29 is 0 Å². The molecule has 102 valence electrons. The Morgan fingerprint density at radius 3 is 2.72 bits per heavy atom. The molecule has 0 spiro atoms. The van der Waals surface area contributed by atoms with Crippen molar-refractivity contribution in [2.24, 2.45) is 0 Å². The van der Waals surface area contributed by atoms with E-state index in [9.17, 15) is 0 Å². The Morgan fingerprint density at radius 2 is 2.17 bits per heavy atom. The lowest BCUT2D eigenvalue weighted by molar-refractivity contribution is 0.0239. The van der Waals surface area contributed by atoms with Crippen LogP contribution in [0, 0.1) is 0 Å². The highest BCUT2D eigenvalue weighted by atomic mass is 32.1. The molecule has 0 aromatic carbocycles. The molecule has 0 aliphatic carbocycles. The van der Waals surface area contributed by atoms with Crippen molar-refractivity contribution in [3.05, 3.63) is 22.4 Å². The molecule has 1 unspecified atom stereocenters. The van der Waals surface area contributed by atoms with E-state index in [1.165, 1.54) is 31.4 Å². The molecule has 1 aliphatic rings. The van der Waals surface area contributed by atoms with Gasteiger partial charge in [-0.3, -0.25) is 4.90 Å². The third-order valence-corrected chi connectivity index (χ3v) is 5.33. The lowest BCUT2D eigenvalue weighted by atomic mass is 9.86. The van der Waals surface area contributed by atoms with Gasteiger partial charge in [-0.2, -0.15) is 11.3 Å². The smallest absolute Gasteiger partial charge is 0.0333 e. The molecule has 2 nitrogen and oxygen atoms in total. The highest BCUT2D eigenvalue weighted by Gasteiger charge is 2.38. The van der Waals surface area contributed by atoms with Crippen LogP contribution < -0.4 is 5.32 Å². The molecule has 18 heavy (non-hydrogen) atoms. The molecule has 2 rings (SSSR count). The zero-order valence-corrected chi connectivity index (χ0v) is 12.7. The average molecular weight is 266 g/mol. The highest BCUT2D eigenvalue weighted by Crippen LogP contribution is 2.29. The summed E-state index contributed by atoms with van der Waals surface area (Å²) < 4.78 is 0. The first-order valence-corrected chi connectivity index (χ1v) is 8.18. The summed E-state index contributed by atoms with van der Waals surface area (Å²) in [4.78, 5) is 2.72. The van der Waals surface area contributed by atoms with Crippen LogP contribution in [-0.2, 0) is 6.54 Å². The van der Waals surface area contributed by atoms with E-state index in [1.807, 2.05) is 11.3 Å². The van der Waals surface area contributed by atoms with Crippen LogP contribution in [0.1, 0.15) is 45.6 Å². The second-order valence-electron chi connectivity index (χ2n) is 5.43. The minimum absolute atomic E-state index is 0.355. The second-order valence-corrected chi connectivity index (χ2v) is 6.21. The molecule has 1 aliphatic heterocycles. The summed E-state index contributed by atoms with van der Waals surface area (Å²) in [5.41, 5.74) is 1.83. The maximum Gasteiger partial charge on any atom is 0.0333 e. The Hall–Kier alpha value is -0.380. The Bertz CT molecular complexity index is 343. The number of hydrogen-bond acceptors (Lipinski definition) is 3. The Labute approximate surface area is 115 Å². The summed E-state index contributed by atoms with van der Waals surface area (Å²) in [6.45, 7) is 10.4. The van der Waals surface area contributed by atoms with Crippen LogP contribution in [0.15, 0.2) is 16.8 Å². The van der Waals surface area contributed by atoms with Gasteiger partial charge in [0.1, 0.15) is 0 Å². The third-order valence-electron chi connectivity index (χ3n) is 4.59. The molecule has 1 aromatic rings. The third kappa shape index (κ3) is 2.79. The Kier molecular flexibility index (Phi) is 4.82. The minimum Gasteiger partial charge on any atom is -0.311 e. The van der Waals surface area contributed by atoms with Crippen molar-refractivity contribution >= 4 is 11.3 Å². The number of hydrogen-bond donors (Lipinski definition) is 1. The van der Waals surface area contributed by atoms with Gasteiger partial charge >= 0.3 is 0 Å². The van der Waals surface area contributed by atoms with E-state index in [0.29, 0.717) is 11.6 Å². The SMILES string of the molecule is CCC1CN(Cc2ccsc2)C(CC)(CC)CN1. The zero-order chi connectivity index (χ0) is 13.0. The van der Waals surface area contributed by atoms with Crippen molar-refractivity contribution in [2.45, 2.75) is 58.2 Å². The van der Waals surface area contributed by atoms with Gasteiger partial charge in [0.05, 0.1) is 0 Å². The first-order chi connectivity index (χ1) is 8.74. The first-order valence-electron chi connectivity index (χ1n) is 7.23. The number of piperazine rings is 1. The van der Waals surface area contributed by atoms with E-state index >= 15 is 0 Å². The van der Waals surface area contributed by atoms with Crippen LogP contribution in [0.3, 0.4) is 0 Å². The quantitative estimate of drug-likeness (QED) is 0.877. The second kappa shape index (κ2) is 6.18. The fraction of sp³-hybridized carbons (Fsp3) is 0.733. The Balaban J connectivity index is 2.13. The van der Waals surface area contributed by atoms with Crippen LogP contribution in [0.5, 0.6) is 0 Å². The van der Waals surface area contributed by atoms with Gasteiger partial charge in [-0.25, -0.2) is 0 Å². The van der Waals surface area contributed by atoms with E-state index in [0.717, 1.165) is 13.1 Å². The van der Waals surface area contributed by atoms with Crippen LogP contribution >= 0.6 is 11.3 Å². The van der Waals surface area contributed by atoms with Crippen LogP contribution in [0.4, 0.5) is 0 Å². The van der Waals surface area contributed by atoms with Gasteiger partial charge < -0.3 is 5.32 Å². The van der Waals surface area contributed by atoms with Crippen LogP contribution in [0.2, 0.25) is 0 Å². The lowest BCUT2D eigenvalue weighted by Gasteiger charge is -2.49. The highest BCUT2D eigenvalue weighted by molar-refractivity contribution is 7.07. The summed E-state index contributed by atoms with van der Waals surface area (Å²) in [6, 6.07) is 2.93. The fourth-order valence-corrected chi connectivity index (χ4v) is 3.69. The molecular weight excluding hydrogens is 240 g/mol. The molecule has 1 fully saturated rings. The van der Waals surface area contributed by atoms with Gasteiger partial charge in [0.15, 0.2) is 0 Å². The van der Waals surface area contributed by atoms with Crippen molar-refractivity contribution in [1.29, 1.82) is 0 Å². The zero-order valence-electron chi connectivity index (χ0n) is 11.9. The molecule has 0 amide bonds. The van der Waals surface area contributed by atoms with E-state index in [1.54, 1.807) is 0 Å². The number of nitrogens with zero attached hydrogens (tertiary/aromatic N) is 1. The summed E-state index contributed by atoms with van der Waals surface area (Å²) >= 11 is 1.81. The monoisotopic (exact) mass is 266 g/mol. The van der Waals surface area contributed by atoms with Gasteiger partial charge in [0.2, 0.25) is 0 Å². The number of thiophene rings is 1. The van der Waals surface area contributed by atoms with Crippen LogP contribution in [-0.4, -0.2) is 29.6 Å². The normalized spacial score (nSPS) is 24.3. The van der Waals surface area contributed by atoms with Crippen molar-refractivity contribution in [1.82, 2.24) is 10.2 Å². The molecule has 1 N–H and O–H groups in total. The molecule has 1 saturated heterocycles. The van der Waals surface area contributed by atoms with E-state index in [-0.39, 0.29) is 0 Å². The number of rotatable bonds is 5. The maximum absolute atomic E-state index is 3.73. The molecule has 0 bridgehead atoms. The lowest BCUT2D eigenvalue weighted by Crippen LogP contribution is -2.63. The molecule has 3 heteroatoms. The summed E-state index contributed by atoms with van der Waals surface area (Å²) in [5, 5.41) is 8.21. The summed E-state index contributed by atoms with van der Waals surface area (Å²) in [6.07, 6.45) is 3.69. The minimum atomic E-state index is 0.355. The predicted octanol–water partition coefficient (Wildman–Crippen LogP) is 3.49. The number of nitrogens with one attached hydrogen (secondary N) is 1. The first kappa shape index (κ1) is 14.0. The van der Waals surface area contributed by atoms with Gasteiger partial charge in [-0.05, 0) is 41.7 Å². The topological polar surface area (TPSA) is 15.3 Å². The van der Waals surface area contributed by atoms with Gasteiger partial charge in [0.25, 0.3) is 0 Å². The summed E-state index contributed by atoms with van der Waals surface area (Å²) in [7, 11) is 0. The standard InChI is InChI=1S/C15H26N2S/c1-4-14-10-17(9-13-7-8-18-11-13)15(5-2,6-3)12-16-14/h7-8,11,14,16H,4-6,9-10,12H2,1-3H3. The molecule has 0 radical (unpaired) electrons. The molecule has 2 heterocycles. The van der Waals surface area contributed by atoms with Gasteiger partial charge in [-0.1, -0.05) is 20.8 Å². The molecular formula is C15H26N2S. The summed E-state index contributed by atoms with van der Waals surface area (Å²) in [5.74, 6) is 0. The predicted molar refractivity (Wildman–Crippen MR) is 80.1 cm³/mol. The van der Waals surface area contributed by atoms with E-state index in [2.05, 4.69) is 47.8 Å². The molecule has 1 atom stereocenters. The van der Waals surface area contributed by atoms with Gasteiger partial charge in [0, 0.05) is 31.2 Å². The van der Waals surface area contributed by atoms with E-state index in [4.69, 9.17) is 0 Å². The van der Waals surface area contributed by atoms with Crippen molar-refractivity contribution in [3.8, 4) is 0 Å². The largest absolute Gasteiger partial charge is 0.311 e. The average Bonchev–Trinajstić information content (AvgIpc) is 2.92.